The molecule has 1 N–H and O–H groups in total. The van der Waals surface area contributed by atoms with Gasteiger partial charge in [0.1, 0.15) is 0 Å². The number of hydrogen-bond donors (Lipinski definition) is 1. The van der Waals surface area contributed by atoms with E-state index in [9.17, 15) is 0 Å². The minimum absolute atomic E-state index is 0.702. The highest BCUT2D eigenvalue weighted by Gasteiger charge is 2.04. The number of nitrogens with one attached hydrogen (secondary N) is 1. The Morgan fingerprint density at radius 3 is 2.74 bits per heavy atom. The molecule has 19 heavy (non-hydrogen) atoms. The van der Waals surface area contributed by atoms with Gasteiger partial charge in [-0.3, -0.25) is 4.98 Å². The summed E-state index contributed by atoms with van der Waals surface area (Å²) in [6.07, 6.45) is 3.52. The van der Waals surface area contributed by atoms with E-state index in [0.29, 0.717) is 11.6 Å². The van der Waals surface area contributed by atoms with Gasteiger partial charge in [0.25, 0.3) is 0 Å². The molecule has 0 aliphatic carbocycles. The van der Waals surface area contributed by atoms with Crippen LogP contribution in [0.3, 0.4) is 0 Å². The van der Waals surface area contributed by atoms with E-state index in [-0.39, 0.29) is 0 Å². The normalized spacial score (nSPS) is 10.4. The van der Waals surface area contributed by atoms with Crippen molar-refractivity contribution >= 4 is 22.4 Å². The molecule has 2 heterocycles. The molecule has 0 aliphatic heterocycles. The number of anilines is 2. The predicted octanol–water partition coefficient (Wildman–Crippen LogP) is 3.38. The fourth-order valence-electron chi connectivity index (χ4n) is 1.94. The van der Waals surface area contributed by atoms with Crippen LogP contribution in [0.25, 0.3) is 10.9 Å². The lowest BCUT2D eigenvalue weighted by atomic mass is 10.2. The van der Waals surface area contributed by atoms with Gasteiger partial charge in [-0.1, -0.05) is 6.07 Å². The average molecular weight is 251 g/mol. The Hall–Kier alpha value is -2.62. The number of benzene rings is 1. The molecule has 0 atom stereocenters. The summed E-state index contributed by atoms with van der Waals surface area (Å²) in [5.41, 5.74) is 1.93. The molecule has 3 aromatic rings. The molecule has 3 rings (SSSR count). The van der Waals surface area contributed by atoms with Crippen molar-refractivity contribution in [3.05, 3.63) is 54.9 Å². The van der Waals surface area contributed by atoms with Crippen LogP contribution in [0, 0.1) is 0 Å². The van der Waals surface area contributed by atoms with E-state index in [1.54, 1.807) is 19.5 Å². The van der Waals surface area contributed by atoms with Crippen LogP contribution >= 0.6 is 0 Å². The highest BCUT2D eigenvalue weighted by molar-refractivity contribution is 5.83. The van der Waals surface area contributed by atoms with E-state index >= 15 is 0 Å². The van der Waals surface area contributed by atoms with Gasteiger partial charge in [0.05, 0.1) is 12.6 Å². The Balaban J connectivity index is 1.96. The van der Waals surface area contributed by atoms with Crippen LogP contribution in [0.4, 0.5) is 11.5 Å². The molecule has 94 valence electrons. The zero-order valence-corrected chi connectivity index (χ0v) is 10.5. The SMILES string of the molecule is COc1cccnc1Nc1ccc2ncccc2c1. The fraction of sp³-hybridized carbons (Fsp3) is 0.0667. The molecule has 4 nitrogen and oxygen atoms in total. The van der Waals surface area contributed by atoms with Gasteiger partial charge >= 0.3 is 0 Å². The predicted molar refractivity (Wildman–Crippen MR) is 75.8 cm³/mol. The first kappa shape index (κ1) is 11.5. The van der Waals surface area contributed by atoms with Crippen molar-refractivity contribution in [3.8, 4) is 5.75 Å². The molecule has 0 unspecified atom stereocenters. The second-order valence-corrected chi connectivity index (χ2v) is 4.09. The third-order valence-corrected chi connectivity index (χ3v) is 2.86. The second kappa shape index (κ2) is 4.94. The summed E-state index contributed by atoms with van der Waals surface area (Å²) in [7, 11) is 1.63. The maximum absolute atomic E-state index is 5.27. The van der Waals surface area contributed by atoms with E-state index in [2.05, 4.69) is 15.3 Å². The minimum atomic E-state index is 0.702. The molecule has 2 aromatic heterocycles. The highest BCUT2D eigenvalue weighted by atomic mass is 16.5. The van der Waals surface area contributed by atoms with Gasteiger partial charge in [0.2, 0.25) is 0 Å². The standard InChI is InChI=1S/C15H13N3O/c1-19-14-5-3-9-17-15(14)18-12-6-7-13-11(10-12)4-2-8-16-13/h2-10H,1H3,(H,17,18). The van der Waals surface area contributed by atoms with Crippen LogP contribution in [0.5, 0.6) is 5.75 Å². The largest absolute Gasteiger partial charge is 0.493 e. The summed E-state index contributed by atoms with van der Waals surface area (Å²) in [6.45, 7) is 0. The first-order valence-corrected chi connectivity index (χ1v) is 5.97. The molecule has 0 bridgehead atoms. The lowest BCUT2D eigenvalue weighted by Crippen LogP contribution is -1.96. The van der Waals surface area contributed by atoms with Crippen LogP contribution < -0.4 is 10.1 Å². The van der Waals surface area contributed by atoms with Gasteiger partial charge in [-0.05, 0) is 36.4 Å². The maximum Gasteiger partial charge on any atom is 0.173 e. The topological polar surface area (TPSA) is 47.0 Å². The number of fused-ring (bicyclic) bond motifs is 1. The summed E-state index contributed by atoms with van der Waals surface area (Å²) in [6, 6.07) is 13.7. The Bertz CT molecular complexity index is 712. The van der Waals surface area contributed by atoms with Crippen LogP contribution in [0.2, 0.25) is 0 Å². The van der Waals surface area contributed by atoms with Crippen LogP contribution in [-0.2, 0) is 0 Å². The quantitative estimate of drug-likeness (QED) is 0.775. The lowest BCUT2D eigenvalue weighted by Gasteiger charge is -2.10. The van der Waals surface area contributed by atoms with E-state index < -0.39 is 0 Å². The third-order valence-electron chi connectivity index (χ3n) is 2.86. The molecule has 0 aliphatic rings. The Kier molecular flexibility index (Phi) is 2.98. The first-order chi connectivity index (χ1) is 9.36. The van der Waals surface area contributed by atoms with Gasteiger partial charge in [0, 0.05) is 23.5 Å². The van der Waals surface area contributed by atoms with Gasteiger partial charge in [0.15, 0.2) is 11.6 Å². The number of ether oxygens (including phenoxy) is 1. The Morgan fingerprint density at radius 2 is 1.84 bits per heavy atom. The Morgan fingerprint density at radius 1 is 1.00 bits per heavy atom. The molecule has 0 radical (unpaired) electrons. The van der Waals surface area contributed by atoms with Crippen molar-refractivity contribution in [3.63, 3.8) is 0 Å². The Labute approximate surface area is 111 Å². The molecular weight excluding hydrogens is 238 g/mol. The summed E-state index contributed by atoms with van der Waals surface area (Å²) in [5, 5.41) is 4.34. The molecule has 1 aromatic carbocycles. The lowest BCUT2D eigenvalue weighted by molar-refractivity contribution is 0.415. The maximum atomic E-state index is 5.27. The van der Waals surface area contributed by atoms with Gasteiger partial charge in [-0.15, -0.1) is 0 Å². The molecule has 0 spiro atoms. The summed E-state index contributed by atoms with van der Waals surface area (Å²) in [5.74, 6) is 1.42. The van der Waals surface area contributed by atoms with Crippen molar-refractivity contribution in [2.45, 2.75) is 0 Å². The fourth-order valence-corrected chi connectivity index (χ4v) is 1.94. The van der Waals surface area contributed by atoms with Crippen molar-refractivity contribution in [2.24, 2.45) is 0 Å². The van der Waals surface area contributed by atoms with Crippen LogP contribution in [-0.4, -0.2) is 17.1 Å². The molecule has 0 saturated carbocycles. The highest BCUT2D eigenvalue weighted by Crippen LogP contribution is 2.26. The van der Waals surface area contributed by atoms with Crippen LogP contribution in [0.1, 0.15) is 0 Å². The van der Waals surface area contributed by atoms with Crippen molar-refractivity contribution in [1.29, 1.82) is 0 Å². The minimum Gasteiger partial charge on any atom is -0.493 e. The van der Waals surface area contributed by atoms with Gasteiger partial charge in [-0.25, -0.2) is 4.98 Å². The van der Waals surface area contributed by atoms with E-state index in [1.165, 1.54) is 0 Å². The average Bonchev–Trinajstić information content (AvgIpc) is 2.48. The van der Waals surface area contributed by atoms with E-state index in [1.807, 2.05) is 42.5 Å². The molecular formula is C15H13N3O. The molecule has 0 fully saturated rings. The zero-order valence-electron chi connectivity index (χ0n) is 10.5. The van der Waals surface area contributed by atoms with Crippen molar-refractivity contribution in [2.75, 3.05) is 12.4 Å². The summed E-state index contributed by atoms with van der Waals surface area (Å²) >= 11 is 0. The van der Waals surface area contributed by atoms with Crippen molar-refractivity contribution < 1.29 is 4.74 Å². The van der Waals surface area contributed by atoms with Crippen molar-refractivity contribution in [1.82, 2.24) is 9.97 Å². The monoisotopic (exact) mass is 251 g/mol. The first-order valence-electron chi connectivity index (χ1n) is 5.97. The number of nitrogens with zero attached hydrogens (tertiary/aromatic N) is 2. The number of hydrogen-bond acceptors (Lipinski definition) is 4. The number of rotatable bonds is 3. The van der Waals surface area contributed by atoms with Gasteiger partial charge < -0.3 is 10.1 Å². The molecule has 0 saturated heterocycles. The zero-order chi connectivity index (χ0) is 13.1. The summed E-state index contributed by atoms with van der Waals surface area (Å²) < 4.78 is 5.27. The van der Waals surface area contributed by atoms with E-state index in [4.69, 9.17) is 4.74 Å². The number of pyridine rings is 2. The van der Waals surface area contributed by atoms with Crippen LogP contribution in [0.15, 0.2) is 54.9 Å². The summed E-state index contributed by atoms with van der Waals surface area (Å²) in [4.78, 5) is 8.57. The smallest absolute Gasteiger partial charge is 0.173 e. The van der Waals surface area contributed by atoms with Gasteiger partial charge in [-0.2, -0.15) is 0 Å². The molecule has 4 heteroatoms. The third kappa shape index (κ3) is 2.33. The molecule has 0 amide bonds. The number of aromatic nitrogens is 2. The second-order valence-electron chi connectivity index (χ2n) is 4.09. The number of methoxy groups -OCH3 is 1. The van der Waals surface area contributed by atoms with E-state index in [0.717, 1.165) is 16.6 Å².